The van der Waals surface area contributed by atoms with Crippen molar-refractivity contribution in [1.82, 2.24) is 10.2 Å². The van der Waals surface area contributed by atoms with E-state index in [1.807, 2.05) is 18.2 Å². The van der Waals surface area contributed by atoms with Crippen molar-refractivity contribution < 1.29 is 19.1 Å². The molecule has 0 atom stereocenters. The third-order valence-corrected chi connectivity index (χ3v) is 6.76. The molecular formula is C27H24Cl2N4O4S. The largest absolute Gasteiger partial charge is 0.465 e. The van der Waals surface area contributed by atoms with Crippen molar-refractivity contribution in [3.8, 4) is 0 Å². The average molecular weight is 571 g/mol. The van der Waals surface area contributed by atoms with Gasteiger partial charge in [0, 0.05) is 36.8 Å². The van der Waals surface area contributed by atoms with Crippen molar-refractivity contribution in [3.05, 3.63) is 93.5 Å². The van der Waals surface area contributed by atoms with Gasteiger partial charge in [-0.1, -0.05) is 41.4 Å². The second kappa shape index (κ2) is 12.3. The maximum absolute atomic E-state index is 12.8. The van der Waals surface area contributed by atoms with Crippen LogP contribution in [-0.2, 0) is 4.74 Å². The second-order valence-electron chi connectivity index (χ2n) is 8.40. The van der Waals surface area contributed by atoms with Gasteiger partial charge in [0.25, 0.3) is 11.8 Å². The lowest BCUT2D eigenvalue weighted by molar-refractivity contribution is 0.0600. The Kier molecular flexibility index (Phi) is 8.83. The minimum atomic E-state index is -0.534. The molecule has 0 spiro atoms. The van der Waals surface area contributed by atoms with Crippen LogP contribution in [-0.4, -0.2) is 61.1 Å². The van der Waals surface area contributed by atoms with Gasteiger partial charge in [0.05, 0.1) is 34.6 Å². The number of carbonyl (C=O) groups is 3. The van der Waals surface area contributed by atoms with Gasteiger partial charge in [-0.15, -0.1) is 0 Å². The number of hydrogen-bond acceptors (Lipinski definition) is 6. The van der Waals surface area contributed by atoms with Crippen molar-refractivity contribution in [2.24, 2.45) is 0 Å². The van der Waals surface area contributed by atoms with Gasteiger partial charge in [0.15, 0.2) is 5.11 Å². The normalized spacial score (nSPS) is 13.0. The Morgan fingerprint density at radius 3 is 2.29 bits per heavy atom. The molecule has 0 bridgehead atoms. The Balaban J connectivity index is 1.50. The molecule has 0 aliphatic carbocycles. The summed E-state index contributed by atoms with van der Waals surface area (Å²) < 4.78 is 4.86. The van der Waals surface area contributed by atoms with Gasteiger partial charge >= 0.3 is 5.97 Å². The molecule has 1 fully saturated rings. The topological polar surface area (TPSA) is 91.0 Å². The number of amides is 2. The van der Waals surface area contributed by atoms with Crippen LogP contribution in [0.3, 0.4) is 0 Å². The molecular weight excluding hydrogens is 547 g/mol. The molecule has 196 valence electrons. The van der Waals surface area contributed by atoms with Crippen LogP contribution in [0.2, 0.25) is 10.0 Å². The first-order valence-electron chi connectivity index (χ1n) is 11.7. The number of rotatable bonds is 5. The van der Waals surface area contributed by atoms with Crippen LogP contribution < -0.4 is 15.5 Å². The molecule has 3 aromatic carbocycles. The minimum absolute atomic E-state index is 0.00667. The van der Waals surface area contributed by atoms with Crippen LogP contribution in [0.4, 0.5) is 11.4 Å². The van der Waals surface area contributed by atoms with Crippen LogP contribution >= 0.6 is 35.4 Å². The number of benzene rings is 3. The Morgan fingerprint density at radius 2 is 1.61 bits per heavy atom. The summed E-state index contributed by atoms with van der Waals surface area (Å²) in [6.07, 6.45) is 0. The van der Waals surface area contributed by atoms with Crippen molar-refractivity contribution in [1.29, 1.82) is 0 Å². The van der Waals surface area contributed by atoms with Crippen molar-refractivity contribution in [2.45, 2.75) is 0 Å². The number of nitrogens with zero attached hydrogens (tertiary/aromatic N) is 2. The highest BCUT2D eigenvalue weighted by atomic mass is 35.5. The van der Waals surface area contributed by atoms with Gasteiger partial charge in [-0.2, -0.15) is 0 Å². The highest BCUT2D eigenvalue weighted by Crippen LogP contribution is 2.29. The molecule has 1 aliphatic rings. The van der Waals surface area contributed by atoms with Crippen LogP contribution in [0.15, 0.2) is 66.7 Å². The zero-order valence-electron chi connectivity index (χ0n) is 20.4. The molecule has 4 rings (SSSR count). The second-order valence-corrected chi connectivity index (χ2v) is 9.65. The zero-order chi connectivity index (χ0) is 27.2. The maximum atomic E-state index is 12.8. The predicted octanol–water partition coefficient (Wildman–Crippen LogP) is 4.87. The summed E-state index contributed by atoms with van der Waals surface area (Å²) in [4.78, 5) is 41.7. The number of hydrogen-bond donors (Lipinski definition) is 2. The van der Waals surface area contributed by atoms with Gasteiger partial charge in [-0.25, -0.2) is 4.79 Å². The first-order chi connectivity index (χ1) is 18.3. The number of ether oxygens (including phenoxy) is 1. The van der Waals surface area contributed by atoms with E-state index in [-0.39, 0.29) is 21.6 Å². The summed E-state index contributed by atoms with van der Waals surface area (Å²) in [7, 11) is 1.30. The number of esters is 1. The maximum Gasteiger partial charge on any atom is 0.337 e. The molecule has 1 saturated heterocycles. The molecule has 8 nitrogen and oxygen atoms in total. The van der Waals surface area contributed by atoms with Gasteiger partial charge in [-0.05, 0) is 60.7 Å². The fraction of sp³-hybridized carbons (Fsp3) is 0.185. The molecule has 1 aliphatic heterocycles. The van der Waals surface area contributed by atoms with Crippen molar-refractivity contribution >= 4 is 69.7 Å². The Morgan fingerprint density at radius 1 is 0.895 bits per heavy atom. The lowest BCUT2D eigenvalue weighted by atomic mass is 10.1. The van der Waals surface area contributed by atoms with E-state index in [0.717, 1.165) is 5.69 Å². The average Bonchev–Trinajstić information content (AvgIpc) is 2.94. The summed E-state index contributed by atoms with van der Waals surface area (Å²) in [6, 6.07) is 18.7. The van der Waals surface area contributed by atoms with E-state index in [1.165, 1.54) is 19.2 Å². The smallest absolute Gasteiger partial charge is 0.337 e. The molecule has 0 radical (unpaired) electrons. The van der Waals surface area contributed by atoms with Gasteiger partial charge < -0.3 is 19.9 Å². The molecule has 1 heterocycles. The Hall–Kier alpha value is -3.66. The number of carbonyl (C=O) groups excluding carboxylic acids is 3. The summed E-state index contributed by atoms with van der Waals surface area (Å²) in [5.74, 6) is -1.07. The quantitative estimate of drug-likeness (QED) is 0.334. The molecule has 11 heteroatoms. The monoisotopic (exact) mass is 570 g/mol. The number of piperazine rings is 1. The third kappa shape index (κ3) is 6.42. The highest BCUT2D eigenvalue weighted by Gasteiger charge is 2.24. The fourth-order valence-corrected chi connectivity index (χ4v) is 4.64. The summed E-state index contributed by atoms with van der Waals surface area (Å²) in [6.45, 7) is 2.14. The lowest BCUT2D eigenvalue weighted by Crippen LogP contribution is -2.49. The SMILES string of the molecule is COC(=O)c1ccc(N2CCN(C(=O)c3ccccc3)CC2)c(NC(=S)NC(=O)c2cc(Cl)ccc2Cl)c1. The summed E-state index contributed by atoms with van der Waals surface area (Å²) in [5, 5.41) is 6.20. The van der Waals surface area contributed by atoms with Crippen molar-refractivity contribution in [3.63, 3.8) is 0 Å². The molecule has 38 heavy (non-hydrogen) atoms. The van der Waals surface area contributed by atoms with Crippen LogP contribution in [0, 0.1) is 0 Å². The number of nitrogens with one attached hydrogen (secondary N) is 2. The first-order valence-corrected chi connectivity index (χ1v) is 12.8. The first kappa shape index (κ1) is 27.4. The van der Waals surface area contributed by atoms with E-state index < -0.39 is 11.9 Å². The van der Waals surface area contributed by atoms with E-state index in [9.17, 15) is 14.4 Å². The third-order valence-electron chi connectivity index (χ3n) is 5.99. The van der Waals surface area contributed by atoms with E-state index in [2.05, 4.69) is 15.5 Å². The van der Waals surface area contributed by atoms with Gasteiger partial charge in [-0.3, -0.25) is 14.9 Å². The van der Waals surface area contributed by atoms with E-state index >= 15 is 0 Å². The predicted molar refractivity (Wildman–Crippen MR) is 152 cm³/mol. The summed E-state index contributed by atoms with van der Waals surface area (Å²) in [5.41, 5.74) is 2.38. The van der Waals surface area contributed by atoms with Crippen LogP contribution in [0.25, 0.3) is 0 Å². The molecule has 2 amide bonds. The molecule has 0 saturated carbocycles. The molecule has 0 unspecified atom stereocenters. The van der Waals surface area contributed by atoms with E-state index in [4.69, 9.17) is 40.2 Å². The summed E-state index contributed by atoms with van der Waals surface area (Å²) >= 11 is 17.5. The Bertz CT molecular complexity index is 1380. The molecule has 0 aromatic heterocycles. The fourth-order valence-electron chi connectivity index (χ4n) is 4.07. The Labute approximate surface area is 235 Å². The standard InChI is InChI=1S/C27H24Cl2N4O4S/c1-37-26(36)18-7-10-23(32-11-13-33(14-12-32)25(35)17-5-3-2-4-6-17)22(15-18)30-27(38)31-24(34)20-16-19(28)8-9-21(20)29/h2-10,15-16H,11-14H2,1H3,(H2,30,31,34,38). The van der Waals surface area contributed by atoms with E-state index in [1.54, 1.807) is 41.3 Å². The van der Waals surface area contributed by atoms with Crippen molar-refractivity contribution in [2.75, 3.05) is 43.5 Å². The van der Waals surface area contributed by atoms with Crippen LogP contribution in [0.5, 0.6) is 0 Å². The zero-order valence-corrected chi connectivity index (χ0v) is 22.7. The number of methoxy groups -OCH3 is 1. The number of anilines is 2. The van der Waals surface area contributed by atoms with Crippen LogP contribution in [0.1, 0.15) is 31.1 Å². The molecule has 3 aromatic rings. The number of thiocarbonyl (C=S) groups is 1. The lowest BCUT2D eigenvalue weighted by Gasteiger charge is -2.37. The highest BCUT2D eigenvalue weighted by molar-refractivity contribution is 7.80. The van der Waals surface area contributed by atoms with Gasteiger partial charge in [0.1, 0.15) is 0 Å². The van der Waals surface area contributed by atoms with E-state index in [0.29, 0.717) is 48.0 Å². The molecule has 2 N–H and O–H groups in total. The minimum Gasteiger partial charge on any atom is -0.465 e. The number of halogens is 2. The van der Waals surface area contributed by atoms with Gasteiger partial charge in [0.2, 0.25) is 0 Å².